The Morgan fingerprint density at radius 3 is 2.70 bits per heavy atom. The predicted octanol–water partition coefficient (Wildman–Crippen LogP) is 2.10. The van der Waals surface area contributed by atoms with Crippen LogP contribution in [0.1, 0.15) is 36.8 Å². The molecule has 1 aromatic rings. The van der Waals surface area contributed by atoms with Crippen LogP contribution < -0.4 is 10.5 Å². The third-order valence-corrected chi connectivity index (χ3v) is 5.67. The molecule has 0 saturated heterocycles. The molecular formula is C14H20N2O2S2. The van der Waals surface area contributed by atoms with Crippen LogP contribution in [-0.4, -0.2) is 20.0 Å². The molecule has 1 aliphatic carbocycles. The van der Waals surface area contributed by atoms with Crippen molar-refractivity contribution in [2.75, 3.05) is 6.54 Å². The molecule has 110 valence electrons. The fourth-order valence-electron chi connectivity index (χ4n) is 2.30. The van der Waals surface area contributed by atoms with Crippen molar-refractivity contribution < 1.29 is 8.42 Å². The standard InChI is InChI=1S/C14H20N2O2S2/c1-10-5-6-12(14(15)19)9-13(10)20(17,18)16-8-7-11-3-2-4-11/h5-6,9,11,16H,2-4,7-8H2,1H3,(H2,15,19). The van der Waals surface area contributed by atoms with E-state index in [1.807, 2.05) is 0 Å². The summed E-state index contributed by atoms with van der Waals surface area (Å²) in [6.45, 7) is 2.26. The van der Waals surface area contributed by atoms with Gasteiger partial charge in [-0.05, 0) is 30.9 Å². The number of aryl methyl sites for hydroxylation is 1. The monoisotopic (exact) mass is 312 g/mol. The van der Waals surface area contributed by atoms with Gasteiger partial charge in [0, 0.05) is 12.1 Å². The molecule has 0 spiro atoms. The number of thiocarbonyl (C=S) groups is 1. The van der Waals surface area contributed by atoms with Crippen molar-refractivity contribution in [2.24, 2.45) is 11.7 Å². The first kappa shape index (κ1) is 15.4. The molecule has 0 atom stereocenters. The summed E-state index contributed by atoms with van der Waals surface area (Å²) in [6.07, 6.45) is 4.62. The Labute approximate surface area is 125 Å². The molecule has 1 fully saturated rings. The minimum absolute atomic E-state index is 0.205. The summed E-state index contributed by atoms with van der Waals surface area (Å²) in [4.78, 5) is 0.465. The second-order valence-corrected chi connectivity index (χ2v) is 7.50. The Morgan fingerprint density at radius 1 is 1.45 bits per heavy atom. The number of rotatable bonds is 6. The lowest BCUT2D eigenvalue weighted by Crippen LogP contribution is -2.28. The van der Waals surface area contributed by atoms with E-state index in [4.69, 9.17) is 18.0 Å². The smallest absolute Gasteiger partial charge is 0.240 e. The Hall–Kier alpha value is -0.980. The van der Waals surface area contributed by atoms with E-state index < -0.39 is 10.0 Å². The first-order chi connectivity index (χ1) is 9.40. The van der Waals surface area contributed by atoms with Gasteiger partial charge in [0.25, 0.3) is 0 Å². The Kier molecular flexibility index (Phi) is 4.78. The van der Waals surface area contributed by atoms with Gasteiger partial charge in [0.15, 0.2) is 0 Å². The second-order valence-electron chi connectivity index (χ2n) is 5.33. The van der Waals surface area contributed by atoms with Crippen LogP contribution in [0.5, 0.6) is 0 Å². The van der Waals surface area contributed by atoms with Crippen LogP contribution in [0.25, 0.3) is 0 Å². The van der Waals surface area contributed by atoms with Gasteiger partial charge in [-0.2, -0.15) is 0 Å². The van der Waals surface area contributed by atoms with Crippen LogP contribution in [0.4, 0.5) is 0 Å². The molecule has 20 heavy (non-hydrogen) atoms. The molecule has 1 saturated carbocycles. The first-order valence-electron chi connectivity index (χ1n) is 6.80. The Morgan fingerprint density at radius 2 is 2.15 bits per heavy atom. The summed E-state index contributed by atoms with van der Waals surface area (Å²) < 4.78 is 27.3. The number of hydrogen-bond acceptors (Lipinski definition) is 3. The van der Waals surface area contributed by atoms with Crippen LogP contribution in [0.3, 0.4) is 0 Å². The van der Waals surface area contributed by atoms with Crippen molar-refractivity contribution in [3.05, 3.63) is 29.3 Å². The minimum Gasteiger partial charge on any atom is -0.389 e. The van der Waals surface area contributed by atoms with Gasteiger partial charge in [-0.1, -0.05) is 43.6 Å². The highest BCUT2D eigenvalue weighted by Gasteiger charge is 2.20. The maximum absolute atomic E-state index is 12.3. The van der Waals surface area contributed by atoms with Crippen LogP contribution in [0.2, 0.25) is 0 Å². The number of sulfonamides is 1. The number of nitrogens with two attached hydrogens (primary N) is 1. The lowest BCUT2D eigenvalue weighted by atomic mass is 9.83. The van der Waals surface area contributed by atoms with Crippen molar-refractivity contribution in [2.45, 2.75) is 37.5 Å². The summed E-state index contributed by atoms with van der Waals surface area (Å²) in [5, 5.41) is 0. The summed E-state index contributed by atoms with van der Waals surface area (Å²) in [5.74, 6) is 0.682. The Balaban J connectivity index is 2.10. The molecule has 0 unspecified atom stereocenters. The van der Waals surface area contributed by atoms with Crippen LogP contribution in [0, 0.1) is 12.8 Å². The van der Waals surface area contributed by atoms with Crippen molar-refractivity contribution >= 4 is 27.2 Å². The van der Waals surface area contributed by atoms with Crippen molar-refractivity contribution in [3.8, 4) is 0 Å². The van der Waals surface area contributed by atoms with E-state index in [0.29, 0.717) is 23.6 Å². The van der Waals surface area contributed by atoms with Gasteiger partial charge in [-0.15, -0.1) is 0 Å². The number of nitrogens with one attached hydrogen (secondary N) is 1. The molecule has 0 aromatic heterocycles. The van der Waals surface area contributed by atoms with Gasteiger partial charge in [0.05, 0.1) is 4.90 Å². The van der Waals surface area contributed by atoms with E-state index in [0.717, 1.165) is 6.42 Å². The van der Waals surface area contributed by atoms with E-state index in [1.165, 1.54) is 19.3 Å². The van der Waals surface area contributed by atoms with E-state index in [-0.39, 0.29) is 9.88 Å². The highest BCUT2D eigenvalue weighted by molar-refractivity contribution is 7.89. The zero-order valence-corrected chi connectivity index (χ0v) is 13.2. The molecule has 4 nitrogen and oxygen atoms in total. The molecule has 0 amide bonds. The summed E-state index contributed by atoms with van der Waals surface area (Å²) >= 11 is 4.90. The number of hydrogen-bond donors (Lipinski definition) is 2. The number of benzene rings is 1. The predicted molar refractivity (Wildman–Crippen MR) is 84.2 cm³/mol. The zero-order chi connectivity index (χ0) is 14.8. The summed E-state index contributed by atoms with van der Waals surface area (Å²) in [6, 6.07) is 5.02. The van der Waals surface area contributed by atoms with E-state index in [9.17, 15) is 8.42 Å². The van der Waals surface area contributed by atoms with Crippen molar-refractivity contribution in [3.63, 3.8) is 0 Å². The largest absolute Gasteiger partial charge is 0.389 e. The second kappa shape index (κ2) is 6.20. The molecule has 6 heteroatoms. The fraction of sp³-hybridized carbons (Fsp3) is 0.500. The van der Waals surface area contributed by atoms with Gasteiger partial charge >= 0.3 is 0 Å². The molecule has 2 rings (SSSR count). The quantitative estimate of drug-likeness (QED) is 0.789. The fourth-order valence-corrected chi connectivity index (χ4v) is 3.74. The third-order valence-electron chi connectivity index (χ3n) is 3.83. The average molecular weight is 312 g/mol. The molecule has 3 N–H and O–H groups in total. The summed E-state index contributed by atoms with van der Waals surface area (Å²) in [7, 11) is -3.49. The summed E-state index contributed by atoms with van der Waals surface area (Å²) in [5.41, 5.74) is 6.83. The topological polar surface area (TPSA) is 72.2 Å². The molecule has 1 aromatic carbocycles. The van der Waals surface area contributed by atoms with E-state index >= 15 is 0 Å². The SMILES string of the molecule is Cc1ccc(C(N)=S)cc1S(=O)(=O)NCCC1CCC1. The van der Waals surface area contributed by atoms with Crippen molar-refractivity contribution in [1.29, 1.82) is 0 Å². The minimum atomic E-state index is -3.49. The molecular weight excluding hydrogens is 292 g/mol. The normalized spacial score (nSPS) is 15.8. The zero-order valence-electron chi connectivity index (χ0n) is 11.6. The molecule has 1 aliphatic rings. The highest BCUT2D eigenvalue weighted by atomic mass is 32.2. The molecule has 0 heterocycles. The van der Waals surface area contributed by atoms with Gasteiger partial charge in [0.1, 0.15) is 4.99 Å². The van der Waals surface area contributed by atoms with Crippen LogP contribution >= 0.6 is 12.2 Å². The van der Waals surface area contributed by atoms with E-state index in [2.05, 4.69) is 4.72 Å². The maximum atomic E-state index is 12.3. The Bertz CT molecular complexity index is 608. The molecule has 0 radical (unpaired) electrons. The lowest BCUT2D eigenvalue weighted by Gasteiger charge is -2.25. The van der Waals surface area contributed by atoms with E-state index in [1.54, 1.807) is 25.1 Å². The van der Waals surface area contributed by atoms with Crippen molar-refractivity contribution in [1.82, 2.24) is 4.72 Å². The maximum Gasteiger partial charge on any atom is 0.240 e. The van der Waals surface area contributed by atoms with Gasteiger partial charge in [0.2, 0.25) is 10.0 Å². The average Bonchev–Trinajstić information content (AvgIpc) is 2.32. The molecule has 0 aliphatic heterocycles. The van der Waals surface area contributed by atoms with Crippen LogP contribution in [0.15, 0.2) is 23.1 Å². The first-order valence-corrected chi connectivity index (χ1v) is 8.69. The lowest BCUT2D eigenvalue weighted by molar-refractivity contribution is 0.297. The van der Waals surface area contributed by atoms with Gasteiger partial charge < -0.3 is 5.73 Å². The van der Waals surface area contributed by atoms with Gasteiger partial charge in [-0.25, -0.2) is 13.1 Å². The highest BCUT2D eigenvalue weighted by Crippen LogP contribution is 2.29. The van der Waals surface area contributed by atoms with Gasteiger partial charge in [-0.3, -0.25) is 0 Å². The third kappa shape index (κ3) is 3.56. The van der Waals surface area contributed by atoms with Crippen LogP contribution in [-0.2, 0) is 10.0 Å². The molecule has 0 bridgehead atoms.